The largest absolute Gasteiger partial charge is 0.319 e. The first-order chi connectivity index (χ1) is 9.60. The Bertz CT molecular complexity index is 401. The van der Waals surface area contributed by atoms with Crippen LogP contribution in [0, 0.1) is 0 Å². The maximum Gasteiger partial charge on any atom is 0.0234 e. The highest BCUT2D eigenvalue weighted by Gasteiger charge is 2.20. The van der Waals surface area contributed by atoms with Gasteiger partial charge in [0.2, 0.25) is 0 Å². The summed E-state index contributed by atoms with van der Waals surface area (Å²) < 4.78 is 0. The molecule has 1 aromatic carbocycles. The van der Waals surface area contributed by atoms with Crippen LogP contribution in [-0.2, 0) is 6.54 Å². The van der Waals surface area contributed by atoms with E-state index in [1.54, 1.807) is 0 Å². The summed E-state index contributed by atoms with van der Waals surface area (Å²) in [5, 5.41) is 3.24. The van der Waals surface area contributed by atoms with Crippen molar-refractivity contribution >= 4 is 0 Å². The van der Waals surface area contributed by atoms with Crippen molar-refractivity contribution in [3.63, 3.8) is 0 Å². The Morgan fingerprint density at radius 3 is 2.55 bits per heavy atom. The minimum absolute atomic E-state index is 0.581. The van der Waals surface area contributed by atoms with Gasteiger partial charge in [0.1, 0.15) is 0 Å². The van der Waals surface area contributed by atoms with Crippen LogP contribution in [0.3, 0.4) is 0 Å². The van der Waals surface area contributed by atoms with Gasteiger partial charge in [-0.3, -0.25) is 4.90 Å². The van der Waals surface area contributed by atoms with Gasteiger partial charge < -0.3 is 10.2 Å². The summed E-state index contributed by atoms with van der Waals surface area (Å²) in [6, 6.07) is 9.83. The second-order valence-electron chi connectivity index (χ2n) is 6.27. The number of nitrogens with zero attached hydrogens (tertiary/aromatic N) is 2. The lowest BCUT2D eigenvalue weighted by molar-refractivity contribution is 0.1000. The zero-order valence-electron chi connectivity index (χ0n) is 13.4. The molecular weight excluding hydrogens is 246 g/mol. The summed E-state index contributed by atoms with van der Waals surface area (Å²) >= 11 is 0. The fraction of sp³-hybridized carbons (Fsp3) is 0.647. The predicted octanol–water partition coefficient (Wildman–Crippen LogP) is 2.15. The highest BCUT2D eigenvalue weighted by atomic mass is 15.3. The maximum absolute atomic E-state index is 3.24. The second-order valence-corrected chi connectivity index (χ2v) is 6.27. The Morgan fingerprint density at radius 2 is 1.95 bits per heavy atom. The summed E-state index contributed by atoms with van der Waals surface area (Å²) in [5.41, 5.74) is 2.86. The maximum atomic E-state index is 3.24. The molecule has 0 spiro atoms. The SMILES string of the molecule is CNCC(C)c1ccc(CN2CCN(C)C(C)C2)cc1. The third-order valence-electron chi connectivity index (χ3n) is 4.51. The first-order valence-corrected chi connectivity index (χ1v) is 7.76. The highest BCUT2D eigenvalue weighted by Crippen LogP contribution is 2.17. The van der Waals surface area contributed by atoms with E-state index in [-0.39, 0.29) is 0 Å². The first-order valence-electron chi connectivity index (χ1n) is 7.76. The van der Waals surface area contributed by atoms with Gasteiger partial charge in [-0.05, 0) is 38.1 Å². The lowest BCUT2D eigenvalue weighted by Crippen LogP contribution is -2.49. The van der Waals surface area contributed by atoms with Crippen LogP contribution >= 0.6 is 0 Å². The molecule has 0 bridgehead atoms. The minimum atomic E-state index is 0.581. The molecule has 3 nitrogen and oxygen atoms in total. The van der Waals surface area contributed by atoms with Gasteiger partial charge in [-0.25, -0.2) is 0 Å². The van der Waals surface area contributed by atoms with E-state index in [0.29, 0.717) is 12.0 Å². The third kappa shape index (κ3) is 4.05. The van der Waals surface area contributed by atoms with Crippen molar-refractivity contribution in [2.45, 2.75) is 32.4 Å². The van der Waals surface area contributed by atoms with Gasteiger partial charge in [-0.15, -0.1) is 0 Å². The average Bonchev–Trinajstić information content (AvgIpc) is 2.44. The molecule has 1 heterocycles. The molecule has 0 radical (unpaired) electrons. The van der Waals surface area contributed by atoms with Gasteiger partial charge in [0.15, 0.2) is 0 Å². The number of hydrogen-bond acceptors (Lipinski definition) is 3. The topological polar surface area (TPSA) is 18.5 Å². The molecule has 1 fully saturated rings. The normalized spacial score (nSPS) is 22.9. The first kappa shape index (κ1) is 15.5. The molecule has 20 heavy (non-hydrogen) atoms. The van der Waals surface area contributed by atoms with E-state index in [4.69, 9.17) is 0 Å². The van der Waals surface area contributed by atoms with E-state index >= 15 is 0 Å². The Hall–Kier alpha value is -0.900. The van der Waals surface area contributed by atoms with Crippen LogP contribution in [0.2, 0.25) is 0 Å². The van der Waals surface area contributed by atoms with Crippen molar-refractivity contribution in [3.8, 4) is 0 Å². The third-order valence-corrected chi connectivity index (χ3v) is 4.51. The minimum Gasteiger partial charge on any atom is -0.319 e. The van der Waals surface area contributed by atoms with Gasteiger partial charge in [-0.1, -0.05) is 31.2 Å². The Labute approximate surface area is 124 Å². The summed E-state index contributed by atoms with van der Waals surface area (Å²) in [6.45, 7) is 10.2. The Kier molecular flexibility index (Phi) is 5.58. The van der Waals surface area contributed by atoms with Gasteiger partial charge in [0.25, 0.3) is 0 Å². The molecular formula is C17H29N3. The van der Waals surface area contributed by atoms with Crippen LogP contribution in [0.15, 0.2) is 24.3 Å². The molecule has 3 heteroatoms. The second kappa shape index (κ2) is 7.21. The van der Waals surface area contributed by atoms with E-state index in [2.05, 4.69) is 60.3 Å². The van der Waals surface area contributed by atoms with Crippen molar-refractivity contribution in [2.24, 2.45) is 0 Å². The van der Waals surface area contributed by atoms with Crippen LogP contribution in [0.5, 0.6) is 0 Å². The summed E-state index contributed by atoms with van der Waals surface area (Å²) in [5.74, 6) is 0.581. The van der Waals surface area contributed by atoms with Crippen molar-refractivity contribution in [3.05, 3.63) is 35.4 Å². The number of likely N-dealkylation sites (N-methyl/N-ethyl adjacent to an activating group) is 2. The highest BCUT2D eigenvalue weighted by molar-refractivity contribution is 5.25. The average molecular weight is 275 g/mol. The van der Waals surface area contributed by atoms with Crippen molar-refractivity contribution in [2.75, 3.05) is 40.3 Å². The van der Waals surface area contributed by atoms with Crippen LogP contribution in [0.4, 0.5) is 0 Å². The van der Waals surface area contributed by atoms with Crippen molar-refractivity contribution in [1.82, 2.24) is 15.1 Å². The number of rotatable bonds is 5. The van der Waals surface area contributed by atoms with Crippen molar-refractivity contribution in [1.29, 1.82) is 0 Å². The van der Waals surface area contributed by atoms with E-state index in [1.165, 1.54) is 30.8 Å². The molecule has 1 saturated heterocycles. The molecule has 1 aliphatic rings. The lowest BCUT2D eigenvalue weighted by atomic mass is 9.99. The number of benzene rings is 1. The predicted molar refractivity (Wildman–Crippen MR) is 86.2 cm³/mol. The Morgan fingerprint density at radius 1 is 1.25 bits per heavy atom. The zero-order valence-corrected chi connectivity index (χ0v) is 13.4. The van der Waals surface area contributed by atoms with Gasteiger partial charge in [0.05, 0.1) is 0 Å². The molecule has 1 aromatic rings. The summed E-state index contributed by atoms with van der Waals surface area (Å²) in [6.07, 6.45) is 0. The quantitative estimate of drug-likeness (QED) is 0.888. The lowest BCUT2D eigenvalue weighted by Gasteiger charge is -2.37. The van der Waals surface area contributed by atoms with Crippen LogP contribution in [0.1, 0.15) is 30.9 Å². The summed E-state index contributed by atoms with van der Waals surface area (Å²) in [4.78, 5) is 5.01. The molecule has 112 valence electrons. The fourth-order valence-corrected chi connectivity index (χ4v) is 2.90. The zero-order chi connectivity index (χ0) is 14.5. The molecule has 2 unspecified atom stereocenters. The molecule has 0 aromatic heterocycles. The van der Waals surface area contributed by atoms with E-state index in [9.17, 15) is 0 Å². The van der Waals surface area contributed by atoms with E-state index < -0.39 is 0 Å². The van der Waals surface area contributed by atoms with Crippen LogP contribution in [-0.4, -0.2) is 56.1 Å². The standard InChI is InChI=1S/C17H29N3/c1-14(11-18-3)17-7-5-16(6-8-17)13-20-10-9-19(4)15(2)12-20/h5-8,14-15,18H,9-13H2,1-4H3. The van der Waals surface area contributed by atoms with Gasteiger partial charge in [-0.2, -0.15) is 0 Å². The van der Waals surface area contributed by atoms with E-state index in [0.717, 1.165) is 13.1 Å². The number of hydrogen-bond donors (Lipinski definition) is 1. The monoisotopic (exact) mass is 275 g/mol. The molecule has 2 rings (SSSR count). The number of nitrogens with one attached hydrogen (secondary N) is 1. The summed E-state index contributed by atoms with van der Waals surface area (Å²) in [7, 11) is 4.24. The fourth-order valence-electron chi connectivity index (χ4n) is 2.90. The van der Waals surface area contributed by atoms with Gasteiger partial charge >= 0.3 is 0 Å². The smallest absolute Gasteiger partial charge is 0.0234 e. The molecule has 0 amide bonds. The molecule has 1 N–H and O–H groups in total. The Balaban J connectivity index is 1.90. The molecule has 1 aliphatic heterocycles. The van der Waals surface area contributed by atoms with E-state index in [1.807, 2.05) is 7.05 Å². The molecule has 0 aliphatic carbocycles. The molecule has 0 saturated carbocycles. The number of piperazine rings is 1. The van der Waals surface area contributed by atoms with Crippen molar-refractivity contribution < 1.29 is 0 Å². The van der Waals surface area contributed by atoms with Gasteiger partial charge in [0, 0.05) is 38.8 Å². The molecule has 2 atom stereocenters. The van der Waals surface area contributed by atoms with Crippen LogP contribution in [0.25, 0.3) is 0 Å². The van der Waals surface area contributed by atoms with Crippen LogP contribution < -0.4 is 5.32 Å².